The number of carbonyl (C=O) groups excluding carboxylic acids is 1. The number of H-pyrrole nitrogens is 1. The first kappa shape index (κ1) is 19.9. The van der Waals surface area contributed by atoms with Gasteiger partial charge in [0.15, 0.2) is 5.43 Å². The molecule has 1 atom stereocenters. The maximum Gasteiger partial charge on any atom is 0.343 e. The topological polar surface area (TPSA) is 86.2 Å². The van der Waals surface area contributed by atoms with Crippen molar-refractivity contribution in [2.24, 2.45) is 5.92 Å². The molecule has 4 rings (SSSR count). The van der Waals surface area contributed by atoms with E-state index in [1.807, 2.05) is 16.8 Å². The smallest absolute Gasteiger partial charge is 0.343 e. The molecule has 0 fully saturated rings. The highest BCUT2D eigenvalue weighted by molar-refractivity contribution is 5.89. The number of hydrogen-bond acceptors (Lipinski definition) is 5. The van der Waals surface area contributed by atoms with Crippen molar-refractivity contribution in [3.8, 4) is 28.1 Å². The van der Waals surface area contributed by atoms with E-state index < -0.39 is 5.97 Å². The van der Waals surface area contributed by atoms with E-state index >= 15 is 0 Å². The summed E-state index contributed by atoms with van der Waals surface area (Å²) in [4.78, 5) is 25.0. The zero-order valence-electron chi connectivity index (χ0n) is 17.6. The molecule has 7 heteroatoms. The van der Waals surface area contributed by atoms with Gasteiger partial charge in [-0.05, 0) is 37.0 Å². The van der Waals surface area contributed by atoms with Gasteiger partial charge in [0.25, 0.3) is 0 Å². The summed E-state index contributed by atoms with van der Waals surface area (Å²) in [6.45, 7) is 6.24. The van der Waals surface area contributed by atoms with Crippen LogP contribution >= 0.6 is 0 Å². The number of nitrogens with zero attached hydrogens (tertiary/aromatic N) is 2. The fourth-order valence-electron chi connectivity index (χ4n) is 4.11. The quantitative estimate of drug-likeness (QED) is 0.650. The predicted octanol–water partition coefficient (Wildman–Crippen LogP) is 3.84. The zero-order chi connectivity index (χ0) is 21.4. The molecule has 0 saturated carbocycles. The van der Waals surface area contributed by atoms with Crippen LogP contribution in [0.15, 0.2) is 41.6 Å². The molecule has 2 aromatic heterocycles. The molecule has 0 saturated heterocycles. The van der Waals surface area contributed by atoms with Gasteiger partial charge in [0, 0.05) is 41.2 Å². The summed E-state index contributed by atoms with van der Waals surface area (Å²) >= 11 is 0. The average Bonchev–Trinajstić information content (AvgIpc) is 3.26. The summed E-state index contributed by atoms with van der Waals surface area (Å²) in [5, 5.41) is 6.89. The summed E-state index contributed by atoms with van der Waals surface area (Å²) in [5.41, 5.74) is 4.47. The Morgan fingerprint density at radius 2 is 2.10 bits per heavy atom. The Balaban J connectivity index is 1.93. The van der Waals surface area contributed by atoms with E-state index in [4.69, 9.17) is 9.47 Å². The lowest BCUT2D eigenvalue weighted by molar-refractivity contribution is 0.0523. The molecule has 1 N–H and O–H groups in total. The van der Waals surface area contributed by atoms with Crippen LogP contribution < -0.4 is 10.2 Å². The average molecular weight is 407 g/mol. The number of aromatic nitrogens is 3. The Morgan fingerprint density at radius 1 is 1.30 bits per heavy atom. The molecule has 0 amide bonds. The molecule has 0 bridgehead atoms. The Morgan fingerprint density at radius 3 is 2.73 bits per heavy atom. The fourth-order valence-corrected chi connectivity index (χ4v) is 4.11. The van der Waals surface area contributed by atoms with Crippen LogP contribution in [0.2, 0.25) is 0 Å². The molecule has 7 nitrogen and oxygen atoms in total. The lowest BCUT2D eigenvalue weighted by Crippen LogP contribution is -2.28. The van der Waals surface area contributed by atoms with Crippen LogP contribution in [0.25, 0.3) is 22.4 Å². The van der Waals surface area contributed by atoms with Gasteiger partial charge in [-0.25, -0.2) is 4.79 Å². The van der Waals surface area contributed by atoms with Gasteiger partial charge in [0.05, 0.1) is 25.6 Å². The molecule has 1 aromatic carbocycles. The number of carbonyl (C=O) groups is 1. The Labute approximate surface area is 174 Å². The summed E-state index contributed by atoms with van der Waals surface area (Å²) in [5.74, 6) is 0.416. The number of aromatic amines is 1. The van der Waals surface area contributed by atoms with Crippen LogP contribution in [0.4, 0.5) is 0 Å². The molecule has 3 aromatic rings. The Bertz CT molecular complexity index is 1150. The van der Waals surface area contributed by atoms with Gasteiger partial charge < -0.3 is 14.0 Å². The monoisotopic (exact) mass is 407 g/mol. The standard InChI is InChI=1S/C23H25N3O4/c1-5-30-23(28)18-12-26-19(13(2)3)7-14-6-17(15-10-24-25-11-15)22(29-4)8-16(14)20(26)9-21(18)27/h6,8-13,19H,5,7H2,1-4H3,(H,24,25). The largest absolute Gasteiger partial charge is 0.496 e. The van der Waals surface area contributed by atoms with Gasteiger partial charge in [0.2, 0.25) is 0 Å². The van der Waals surface area contributed by atoms with Gasteiger partial charge >= 0.3 is 5.97 Å². The second-order valence-corrected chi connectivity index (χ2v) is 7.78. The molecule has 1 aliphatic rings. The number of nitrogens with one attached hydrogen (secondary N) is 1. The second kappa shape index (κ2) is 7.82. The molecule has 1 aliphatic heterocycles. The number of fused-ring (bicyclic) bond motifs is 3. The van der Waals surface area contributed by atoms with Crippen molar-refractivity contribution in [2.75, 3.05) is 13.7 Å². The summed E-state index contributed by atoms with van der Waals surface area (Å²) in [7, 11) is 1.63. The van der Waals surface area contributed by atoms with Crippen LogP contribution in [0.5, 0.6) is 5.75 Å². The number of benzene rings is 1. The zero-order valence-corrected chi connectivity index (χ0v) is 17.6. The van der Waals surface area contributed by atoms with Crippen molar-refractivity contribution in [2.45, 2.75) is 33.2 Å². The number of rotatable bonds is 5. The Kier molecular flexibility index (Phi) is 5.20. The van der Waals surface area contributed by atoms with Crippen LogP contribution in [0.1, 0.15) is 42.7 Å². The third-order valence-corrected chi connectivity index (χ3v) is 5.64. The maximum absolute atomic E-state index is 12.7. The molecule has 156 valence electrons. The third kappa shape index (κ3) is 3.30. The predicted molar refractivity (Wildman–Crippen MR) is 114 cm³/mol. The summed E-state index contributed by atoms with van der Waals surface area (Å²) < 4.78 is 12.8. The van der Waals surface area contributed by atoms with Crippen molar-refractivity contribution in [3.05, 3.63) is 58.1 Å². The van der Waals surface area contributed by atoms with Crippen LogP contribution in [-0.4, -0.2) is 34.5 Å². The van der Waals surface area contributed by atoms with E-state index in [1.54, 1.807) is 26.4 Å². The van der Waals surface area contributed by atoms with Gasteiger partial charge in [-0.15, -0.1) is 0 Å². The van der Waals surface area contributed by atoms with Gasteiger partial charge in [0.1, 0.15) is 11.3 Å². The van der Waals surface area contributed by atoms with Gasteiger partial charge in [-0.2, -0.15) is 5.10 Å². The van der Waals surface area contributed by atoms with Crippen LogP contribution in [0, 0.1) is 5.92 Å². The normalized spacial score (nSPS) is 14.9. The van der Waals surface area contributed by atoms with E-state index in [9.17, 15) is 9.59 Å². The third-order valence-electron chi connectivity index (χ3n) is 5.64. The van der Waals surface area contributed by atoms with Crippen molar-refractivity contribution in [3.63, 3.8) is 0 Å². The van der Waals surface area contributed by atoms with Crippen molar-refractivity contribution < 1.29 is 14.3 Å². The lowest BCUT2D eigenvalue weighted by atomic mass is 9.85. The molecule has 0 radical (unpaired) electrons. The Hall–Kier alpha value is -3.35. The highest BCUT2D eigenvalue weighted by Crippen LogP contribution is 2.42. The highest BCUT2D eigenvalue weighted by Gasteiger charge is 2.29. The van der Waals surface area contributed by atoms with Gasteiger partial charge in [-0.3, -0.25) is 9.89 Å². The second-order valence-electron chi connectivity index (χ2n) is 7.78. The highest BCUT2D eigenvalue weighted by atomic mass is 16.5. The molecule has 1 unspecified atom stereocenters. The minimum atomic E-state index is -0.584. The van der Waals surface area contributed by atoms with Crippen LogP contribution in [-0.2, 0) is 11.2 Å². The maximum atomic E-state index is 12.7. The number of hydrogen-bond donors (Lipinski definition) is 1. The molecule has 0 spiro atoms. The first-order valence-electron chi connectivity index (χ1n) is 10.1. The van der Waals surface area contributed by atoms with E-state index in [0.29, 0.717) is 11.7 Å². The van der Waals surface area contributed by atoms with Crippen molar-refractivity contribution in [1.82, 2.24) is 14.8 Å². The fraction of sp³-hybridized carbons (Fsp3) is 0.348. The van der Waals surface area contributed by atoms with E-state index in [0.717, 1.165) is 34.4 Å². The lowest BCUT2D eigenvalue weighted by Gasteiger charge is -2.34. The molecular formula is C23H25N3O4. The molecular weight excluding hydrogens is 382 g/mol. The van der Waals surface area contributed by atoms with Crippen molar-refractivity contribution in [1.29, 1.82) is 0 Å². The molecule has 0 aliphatic carbocycles. The minimum Gasteiger partial charge on any atom is -0.496 e. The van der Waals surface area contributed by atoms with Gasteiger partial charge in [-0.1, -0.05) is 13.8 Å². The van der Waals surface area contributed by atoms with Crippen molar-refractivity contribution >= 4 is 5.97 Å². The van der Waals surface area contributed by atoms with E-state index in [1.165, 1.54) is 6.07 Å². The molecule has 3 heterocycles. The minimum absolute atomic E-state index is 0.0664. The summed E-state index contributed by atoms with van der Waals surface area (Å²) in [6.07, 6.45) is 6.02. The SMILES string of the molecule is CCOC(=O)c1cn2c(cc1=O)-c1cc(OC)c(-c3cn[nH]c3)cc1CC2C(C)C. The summed E-state index contributed by atoms with van der Waals surface area (Å²) in [6, 6.07) is 5.72. The first-order chi connectivity index (χ1) is 14.4. The first-order valence-corrected chi connectivity index (χ1v) is 10.1. The van der Waals surface area contributed by atoms with E-state index in [-0.39, 0.29) is 23.6 Å². The number of esters is 1. The number of methoxy groups -OCH3 is 1. The van der Waals surface area contributed by atoms with Crippen LogP contribution in [0.3, 0.4) is 0 Å². The number of pyridine rings is 1. The van der Waals surface area contributed by atoms with E-state index in [2.05, 4.69) is 30.1 Å². The molecule has 30 heavy (non-hydrogen) atoms. The number of ether oxygens (including phenoxy) is 2.